The molecule has 0 fully saturated rings. The smallest absolute Gasteiger partial charge is 0.200 e. The van der Waals surface area contributed by atoms with Crippen molar-refractivity contribution in [2.75, 3.05) is 5.73 Å². The van der Waals surface area contributed by atoms with E-state index in [1.807, 2.05) is 24.5 Å². The lowest BCUT2D eigenvalue weighted by Gasteiger charge is -2.06. The minimum Gasteiger partial charge on any atom is -0.369 e. The molecule has 0 aromatic carbocycles. The minimum absolute atomic E-state index is 0.517. The number of rotatable bonds is 2. The number of hydrogen-bond acceptors (Lipinski definition) is 4. The van der Waals surface area contributed by atoms with E-state index < -0.39 is 0 Å². The molecule has 0 saturated carbocycles. The van der Waals surface area contributed by atoms with E-state index in [9.17, 15) is 0 Å². The Morgan fingerprint density at radius 2 is 2.13 bits per heavy atom. The summed E-state index contributed by atoms with van der Waals surface area (Å²) in [5, 5.41) is 0. The maximum atomic E-state index is 5.74. The predicted molar refractivity (Wildman–Crippen MR) is 57.2 cm³/mol. The summed E-state index contributed by atoms with van der Waals surface area (Å²) in [6, 6.07) is 1.88. The Kier molecular flexibility index (Phi) is 2.37. The Morgan fingerprint density at radius 1 is 1.33 bits per heavy atom. The fraction of sp³-hybridized carbons (Fsp3) is 0.300. The first kappa shape index (κ1) is 9.64. The van der Waals surface area contributed by atoms with Crippen molar-refractivity contribution in [3.8, 4) is 0 Å². The van der Waals surface area contributed by atoms with Gasteiger partial charge in [-0.25, -0.2) is 15.0 Å². The molecule has 2 heterocycles. The second kappa shape index (κ2) is 3.68. The van der Waals surface area contributed by atoms with E-state index in [1.54, 1.807) is 12.4 Å². The normalized spacial score (nSPS) is 10.5. The molecule has 0 amide bonds. The fourth-order valence-corrected chi connectivity index (χ4v) is 1.44. The molecule has 2 aromatic rings. The van der Waals surface area contributed by atoms with Gasteiger partial charge in [0.1, 0.15) is 5.82 Å². The van der Waals surface area contributed by atoms with Crippen molar-refractivity contribution >= 4 is 5.95 Å². The molecule has 0 aliphatic carbocycles. The maximum absolute atomic E-state index is 5.74. The van der Waals surface area contributed by atoms with Crippen LogP contribution in [0.4, 0.5) is 5.95 Å². The Balaban J connectivity index is 2.29. The average Bonchev–Trinajstić information content (AvgIpc) is 2.50. The molecule has 5 heteroatoms. The second-order valence-electron chi connectivity index (χ2n) is 3.44. The van der Waals surface area contributed by atoms with Crippen LogP contribution in [0.5, 0.6) is 0 Å². The Hall–Kier alpha value is -1.91. The summed E-state index contributed by atoms with van der Waals surface area (Å²) in [6.07, 6.45) is 3.50. The summed E-state index contributed by atoms with van der Waals surface area (Å²) >= 11 is 0. The number of nitrogens with two attached hydrogens (primary N) is 1. The van der Waals surface area contributed by atoms with E-state index in [0.29, 0.717) is 12.5 Å². The van der Waals surface area contributed by atoms with E-state index >= 15 is 0 Å². The van der Waals surface area contributed by atoms with E-state index in [2.05, 4.69) is 15.0 Å². The molecule has 2 N–H and O–H groups in total. The summed E-state index contributed by atoms with van der Waals surface area (Å²) in [6.45, 7) is 4.48. The lowest BCUT2D eigenvalue weighted by molar-refractivity contribution is 0.751. The Labute approximate surface area is 88.0 Å². The molecule has 0 bridgehead atoms. The van der Waals surface area contributed by atoms with Gasteiger partial charge in [-0.2, -0.15) is 0 Å². The van der Waals surface area contributed by atoms with E-state index in [-0.39, 0.29) is 0 Å². The molecule has 15 heavy (non-hydrogen) atoms. The molecule has 0 aliphatic rings. The summed E-state index contributed by atoms with van der Waals surface area (Å²) < 4.78 is 1.92. The Morgan fingerprint density at radius 3 is 2.73 bits per heavy atom. The zero-order valence-corrected chi connectivity index (χ0v) is 8.81. The number of hydrogen-bond donors (Lipinski definition) is 1. The molecule has 5 nitrogen and oxygen atoms in total. The van der Waals surface area contributed by atoms with Gasteiger partial charge in [-0.1, -0.05) is 0 Å². The molecule has 2 aromatic heterocycles. The van der Waals surface area contributed by atoms with Gasteiger partial charge >= 0.3 is 0 Å². The number of nitrogen functional groups attached to an aromatic ring is 1. The molecular weight excluding hydrogens is 190 g/mol. The van der Waals surface area contributed by atoms with Crippen molar-refractivity contribution in [1.82, 2.24) is 19.5 Å². The average molecular weight is 203 g/mol. The third-order valence-corrected chi connectivity index (χ3v) is 2.24. The summed E-state index contributed by atoms with van der Waals surface area (Å²) in [7, 11) is 0. The molecule has 0 spiro atoms. The molecule has 0 unspecified atom stereocenters. The SMILES string of the molecule is Cc1nccc(Cn2c(C)cnc2N)n1. The first-order valence-corrected chi connectivity index (χ1v) is 4.73. The highest BCUT2D eigenvalue weighted by molar-refractivity contribution is 5.23. The van der Waals surface area contributed by atoms with Crippen LogP contribution in [0.25, 0.3) is 0 Å². The number of aromatic nitrogens is 4. The summed E-state index contributed by atoms with van der Waals surface area (Å²) in [5.74, 6) is 1.28. The van der Waals surface area contributed by atoms with E-state index in [0.717, 1.165) is 17.2 Å². The van der Waals surface area contributed by atoms with Gasteiger partial charge in [0.15, 0.2) is 0 Å². The van der Waals surface area contributed by atoms with Crippen LogP contribution < -0.4 is 5.73 Å². The molecule has 0 atom stereocenters. The molecule has 2 rings (SSSR count). The summed E-state index contributed by atoms with van der Waals surface area (Å²) in [5.41, 5.74) is 7.71. The highest BCUT2D eigenvalue weighted by atomic mass is 15.2. The van der Waals surface area contributed by atoms with E-state index in [4.69, 9.17) is 5.73 Å². The van der Waals surface area contributed by atoms with Crippen LogP contribution in [-0.2, 0) is 6.54 Å². The van der Waals surface area contributed by atoms with Crippen molar-refractivity contribution < 1.29 is 0 Å². The van der Waals surface area contributed by atoms with Crippen molar-refractivity contribution in [3.05, 3.63) is 35.7 Å². The van der Waals surface area contributed by atoms with Crippen LogP contribution in [0.2, 0.25) is 0 Å². The molecular formula is C10H13N5. The van der Waals surface area contributed by atoms with Crippen molar-refractivity contribution in [1.29, 1.82) is 0 Å². The number of aryl methyl sites for hydroxylation is 2. The molecule has 0 aliphatic heterocycles. The van der Waals surface area contributed by atoms with Crippen molar-refractivity contribution in [3.63, 3.8) is 0 Å². The standard InChI is InChI=1S/C10H13N5/c1-7-5-13-10(11)15(7)6-9-3-4-12-8(2)14-9/h3-5H,6H2,1-2H3,(H2,11,13). The van der Waals surface area contributed by atoms with Gasteiger partial charge in [0.2, 0.25) is 5.95 Å². The van der Waals surface area contributed by atoms with Gasteiger partial charge in [0.25, 0.3) is 0 Å². The maximum Gasteiger partial charge on any atom is 0.200 e. The lowest BCUT2D eigenvalue weighted by atomic mass is 10.4. The van der Waals surface area contributed by atoms with Crippen LogP contribution in [0.1, 0.15) is 17.2 Å². The lowest BCUT2D eigenvalue weighted by Crippen LogP contribution is -2.08. The monoisotopic (exact) mass is 203 g/mol. The first-order valence-electron chi connectivity index (χ1n) is 4.73. The third-order valence-electron chi connectivity index (χ3n) is 2.24. The van der Waals surface area contributed by atoms with Gasteiger partial charge in [0.05, 0.1) is 18.4 Å². The van der Waals surface area contributed by atoms with Crippen LogP contribution >= 0.6 is 0 Å². The van der Waals surface area contributed by atoms with Gasteiger partial charge in [-0.3, -0.25) is 0 Å². The quantitative estimate of drug-likeness (QED) is 0.788. The van der Waals surface area contributed by atoms with Crippen LogP contribution in [0.15, 0.2) is 18.5 Å². The van der Waals surface area contributed by atoms with Gasteiger partial charge in [-0.05, 0) is 19.9 Å². The minimum atomic E-state index is 0.517. The number of nitrogens with zero attached hydrogens (tertiary/aromatic N) is 4. The fourth-order valence-electron chi connectivity index (χ4n) is 1.44. The zero-order chi connectivity index (χ0) is 10.8. The summed E-state index contributed by atoms with van der Waals surface area (Å²) in [4.78, 5) is 12.4. The van der Waals surface area contributed by atoms with Gasteiger partial charge < -0.3 is 10.3 Å². The highest BCUT2D eigenvalue weighted by Crippen LogP contribution is 2.08. The van der Waals surface area contributed by atoms with Crippen LogP contribution in [0.3, 0.4) is 0 Å². The topological polar surface area (TPSA) is 69.6 Å². The predicted octanol–water partition coefficient (Wildman–Crippen LogP) is 0.920. The first-order chi connectivity index (χ1) is 7.16. The van der Waals surface area contributed by atoms with Crippen LogP contribution in [-0.4, -0.2) is 19.5 Å². The Bertz CT molecular complexity index is 455. The van der Waals surface area contributed by atoms with Gasteiger partial charge in [-0.15, -0.1) is 0 Å². The molecule has 0 radical (unpaired) electrons. The number of anilines is 1. The van der Waals surface area contributed by atoms with E-state index in [1.165, 1.54) is 0 Å². The third kappa shape index (κ3) is 1.96. The zero-order valence-electron chi connectivity index (χ0n) is 8.81. The number of imidazole rings is 1. The molecule has 78 valence electrons. The van der Waals surface area contributed by atoms with Crippen molar-refractivity contribution in [2.24, 2.45) is 0 Å². The highest BCUT2D eigenvalue weighted by Gasteiger charge is 2.04. The second-order valence-corrected chi connectivity index (χ2v) is 3.44. The largest absolute Gasteiger partial charge is 0.369 e. The molecule has 0 saturated heterocycles. The van der Waals surface area contributed by atoms with Crippen LogP contribution in [0, 0.1) is 13.8 Å². The van der Waals surface area contributed by atoms with Crippen molar-refractivity contribution in [2.45, 2.75) is 20.4 Å². The van der Waals surface area contributed by atoms with Gasteiger partial charge in [0, 0.05) is 11.9 Å².